The lowest BCUT2D eigenvalue weighted by molar-refractivity contribution is -0.274. The van der Waals surface area contributed by atoms with E-state index in [4.69, 9.17) is 9.47 Å². The first-order chi connectivity index (χ1) is 15.7. The maximum Gasteiger partial charge on any atom is 0.573 e. The molecule has 0 fully saturated rings. The number of nitrogens with one attached hydrogen (secondary N) is 1. The Labute approximate surface area is 189 Å². The number of amides is 1. The van der Waals surface area contributed by atoms with E-state index in [9.17, 15) is 22.8 Å². The number of ether oxygens (including phenoxy) is 3. The lowest BCUT2D eigenvalue weighted by Crippen LogP contribution is -2.34. The number of methoxy groups -OCH3 is 1. The highest BCUT2D eigenvalue weighted by Crippen LogP contribution is 2.36. The molecule has 0 aromatic heterocycles. The van der Waals surface area contributed by atoms with E-state index in [1.807, 2.05) is 12.1 Å². The zero-order chi connectivity index (χ0) is 24.0. The van der Waals surface area contributed by atoms with E-state index >= 15 is 0 Å². The van der Waals surface area contributed by atoms with Crippen LogP contribution in [0.5, 0.6) is 11.5 Å². The molecular weight excluding hydrogens is 439 g/mol. The van der Waals surface area contributed by atoms with Crippen LogP contribution in [-0.4, -0.2) is 38.0 Å². The standard InChI is InChI=1S/C24H24F3NO5/c1-3-32-23(30)21(15-6-4-8-19(13-15)31-2)16-10-11-18(12-16)28-22(29)17-7-5-9-20(14-17)33-24(25,26)27/h4-11,13-14,16,18,21H,3,12H2,1-2H3,(H,28,29). The smallest absolute Gasteiger partial charge is 0.497 e. The number of halogens is 3. The molecule has 33 heavy (non-hydrogen) atoms. The van der Waals surface area contributed by atoms with Crippen LogP contribution in [0.2, 0.25) is 0 Å². The summed E-state index contributed by atoms with van der Waals surface area (Å²) in [5.74, 6) is -1.65. The molecule has 0 saturated heterocycles. The molecule has 3 atom stereocenters. The zero-order valence-electron chi connectivity index (χ0n) is 18.1. The number of carbonyl (C=O) groups excluding carboxylic acids is 2. The Morgan fingerprint density at radius 2 is 1.82 bits per heavy atom. The number of esters is 1. The van der Waals surface area contributed by atoms with Gasteiger partial charge in [-0.2, -0.15) is 0 Å². The van der Waals surface area contributed by atoms with Gasteiger partial charge in [0, 0.05) is 11.6 Å². The molecule has 0 spiro atoms. The summed E-state index contributed by atoms with van der Waals surface area (Å²) in [4.78, 5) is 25.3. The van der Waals surface area contributed by atoms with E-state index in [0.29, 0.717) is 12.2 Å². The van der Waals surface area contributed by atoms with Crippen molar-refractivity contribution in [3.63, 3.8) is 0 Å². The Morgan fingerprint density at radius 3 is 2.52 bits per heavy atom. The van der Waals surface area contributed by atoms with Crippen LogP contribution < -0.4 is 14.8 Å². The van der Waals surface area contributed by atoms with Gasteiger partial charge in [-0.05, 0) is 55.2 Å². The van der Waals surface area contributed by atoms with Gasteiger partial charge in [-0.15, -0.1) is 13.2 Å². The summed E-state index contributed by atoms with van der Waals surface area (Å²) in [5, 5.41) is 2.78. The van der Waals surface area contributed by atoms with Gasteiger partial charge in [-0.3, -0.25) is 9.59 Å². The fourth-order valence-electron chi connectivity index (χ4n) is 3.79. The molecule has 1 aliphatic carbocycles. The molecular formula is C24H24F3NO5. The van der Waals surface area contributed by atoms with Crippen molar-refractivity contribution in [1.82, 2.24) is 5.32 Å². The summed E-state index contributed by atoms with van der Waals surface area (Å²) < 4.78 is 51.8. The number of carbonyl (C=O) groups is 2. The first-order valence-corrected chi connectivity index (χ1v) is 10.4. The first-order valence-electron chi connectivity index (χ1n) is 10.4. The summed E-state index contributed by atoms with van der Waals surface area (Å²) in [7, 11) is 1.54. The van der Waals surface area contributed by atoms with E-state index in [0.717, 1.165) is 17.7 Å². The minimum absolute atomic E-state index is 0.0309. The van der Waals surface area contributed by atoms with Gasteiger partial charge in [0.2, 0.25) is 0 Å². The number of benzene rings is 2. The first kappa shape index (κ1) is 24.2. The zero-order valence-corrected chi connectivity index (χ0v) is 18.1. The molecule has 0 heterocycles. The van der Waals surface area contributed by atoms with Crippen molar-refractivity contribution in [3.8, 4) is 11.5 Å². The number of hydrogen-bond acceptors (Lipinski definition) is 5. The maximum atomic E-state index is 12.7. The average Bonchev–Trinajstić information content (AvgIpc) is 3.21. The van der Waals surface area contributed by atoms with Crippen LogP contribution in [0.1, 0.15) is 35.2 Å². The van der Waals surface area contributed by atoms with E-state index < -0.39 is 30.0 Å². The fraction of sp³-hybridized carbons (Fsp3) is 0.333. The number of hydrogen-bond donors (Lipinski definition) is 1. The highest BCUT2D eigenvalue weighted by molar-refractivity contribution is 5.95. The molecule has 0 bridgehead atoms. The van der Waals surface area contributed by atoms with Gasteiger partial charge in [-0.1, -0.05) is 30.4 Å². The predicted octanol–water partition coefficient (Wildman–Crippen LogP) is 4.62. The molecule has 6 nitrogen and oxygen atoms in total. The summed E-state index contributed by atoms with van der Waals surface area (Å²) in [6.07, 6.45) is -0.815. The van der Waals surface area contributed by atoms with Crippen molar-refractivity contribution in [2.45, 2.75) is 31.7 Å². The van der Waals surface area contributed by atoms with E-state index in [2.05, 4.69) is 10.1 Å². The highest BCUT2D eigenvalue weighted by atomic mass is 19.4. The van der Waals surface area contributed by atoms with Crippen LogP contribution in [0.15, 0.2) is 60.7 Å². The topological polar surface area (TPSA) is 73.9 Å². The Hall–Kier alpha value is -3.49. The minimum atomic E-state index is -4.85. The second-order valence-electron chi connectivity index (χ2n) is 7.45. The Morgan fingerprint density at radius 1 is 1.09 bits per heavy atom. The minimum Gasteiger partial charge on any atom is -0.497 e. The summed E-state index contributed by atoms with van der Waals surface area (Å²) in [6, 6.07) is 11.6. The SMILES string of the molecule is CCOC(=O)C(c1cccc(OC)c1)C1C=CC(NC(=O)c2cccc(OC(F)(F)F)c2)C1. The quantitative estimate of drug-likeness (QED) is 0.457. The number of allylic oxidation sites excluding steroid dienone is 1. The summed E-state index contributed by atoms with van der Waals surface area (Å²) in [6.45, 7) is 1.96. The van der Waals surface area contributed by atoms with Crippen molar-refractivity contribution >= 4 is 11.9 Å². The lowest BCUT2D eigenvalue weighted by atomic mass is 9.85. The van der Waals surface area contributed by atoms with Crippen LogP contribution in [-0.2, 0) is 9.53 Å². The molecule has 3 unspecified atom stereocenters. The molecule has 1 N–H and O–H groups in total. The Balaban J connectivity index is 1.71. The van der Waals surface area contributed by atoms with Gasteiger partial charge in [0.1, 0.15) is 11.5 Å². The molecule has 9 heteroatoms. The van der Waals surface area contributed by atoms with Crippen molar-refractivity contribution < 1.29 is 37.0 Å². The van der Waals surface area contributed by atoms with Crippen molar-refractivity contribution in [3.05, 3.63) is 71.8 Å². The molecule has 1 aliphatic rings. The Kier molecular flexibility index (Phi) is 7.63. The predicted molar refractivity (Wildman–Crippen MR) is 114 cm³/mol. The number of alkyl halides is 3. The molecule has 0 aliphatic heterocycles. The fourth-order valence-corrected chi connectivity index (χ4v) is 3.79. The average molecular weight is 463 g/mol. The van der Waals surface area contributed by atoms with Gasteiger partial charge < -0.3 is 19.5 Å². The van der Waals surface area contributed by atoms with Gasteiger partial charge in [-0.25, -0.2) is 0 Å². The van der Waals surface area contributed by atoms with Crippen molar-refractivity contribution in [1.29, 1.82) is 0 Å². The van der Waals surface area contributed by atoms with Crippen LogP contribution in [0.25, 0.3) is 0 Å². The molecule has 176 valence electrons. The summed E-state index contributed by atoms with van der Waals surface area (Å²) >= 11 is 0. The molecule has 2 aromatic rings. The number of rotatable bonds is 8. The molecule has 2 aromatic carbocycles. The van der Waals surface area contributed by atoms with Gasteiger partial charge in [0.25, 0.3) is 5.91 Å². The lowest BCUT2D eigenvalue weighted by Gasteiger charge is -2.23. The third-order valence-corrected chi connectivity index (χ3v) is 5.18. The van der Waals surface area contributed by atoms with E-state index in [1.54, 1.807) is 31.2 Å². The Bertz CT molecular complexity index is 1020. The summed E-state index contributed by atoms with van der Waals surface area (Å²) in [5.41, 5.74) is 0.759. The van der Waals surface area contributed by atoms with Gasteiger partial charge in [0.05, 0.1) is 19.6 Å². The van der Waals surface area contributed by atoms with E-state index in [-0.39, 0.29) is 24.1 Å². The van der Waals surface area contributed by atoms with Crippen molar-refractivity contribution in [2.24, 2.45) is 5.92 Å². The molecule has 3 rings (SSSR count). The third-order valence-electron chi connectivity index (χ3n) is 5.18. The molecule has 0 saturated carbocycles. The third kappa shape index (κ3) is 6.50. The van der Waals surface area contributed by atoms with Crippen LogP contribution in [0, 0.1) is 5.92 Å². The van der Waals surface area contributed by atoms with Crippen molar-refractivity contribution in [2.75, 3.05) is 13.7 Å². The van der Waals surface area contributed by atoms with Crippen LogP contribution >= 0.6 is 0 Å². The van der Waals surface area contributed by atoms with Crippen LogP contribution in [0.3, 0.4) is 0 Å². The second kappa shape index (κ2) is 10.4. The van der Waals surface area contributed by atoms with Gasteiger partial charge in [0.15, 0.2) is 0 Å². The van der Waals surface area contributed by atoms with E-state index in [1.165, 1.54) is 19.2 Å². The maximum absolute atomic E-state index is 12.7. The second-order valence-corrected chi connectivity index (χ2v) is 7.45. The van der Waals surface area contributed by atoms with Crippen LogP contribution in [0.4, 0.5) is 13.2 Å². The largest absolute Gasteiger partial charge is 0.573 e. The highest BCUT2D eigenvalue weighted by Gasteiger charge is 2.35. The molecule has 1 amide bonds. The molecule has 0 radical (unpaired) electrons. The normalized spacial score (nSPS) is 18.5. The monoisotopic (exact) mass is 463 g/mol. The van der Waals surface area contributed by atoms with Gasteiger partial charge >= 0.3 is 12.3 Å².